The molecule has 1 N–H and O–H groups in total. The fraction of sp³-hybridized carbons (Fsp3) is 0.455. The van der Waals surface area contributed by atoms with Crippen molar-refractivity contribution in [3.8, 4) is 5.88 Å². The second kappa shape index (κ2) is 9.95. The van der Waals surface area contributed by atoms with Crippen LogP contribution in [0.2, 0.25) is 5.02 Å². The van der Waals surface area contributed by atoms with Crippen LogP contribution in [0.1, 0.15) is 38.7 Å². The van der Waals surface area contributed by atoms with Gasteiger partial charge in [0.1, 0.15) is 10.6 Å². The maximum atomic E-state index is 13.0. The lowest BCUT2D eigenvalue weighted by atomic mass is 9.98. The minimum absolute atomic E-state index is 0.0482. The van der Waals surface area contributed by atoms with Crippen LogP contribution in [0.3, 0.4) is 0 Å². The molecule has 0 bridgehead atoms. The molecular formula is C22H27ClN4O4S. The third-order valence-electron chi connectivity index (χ3n) is 5.72. The van der Waals surface area contributed by atoms with Gasteiger partial charge in [-0.3, -0.25) is 18.7 Å². The number of nitrogens with zero attached hydrogens (tertiary/aromatic N) is 4. The number of likely N-dealkylation sites (tertiary alicyclic amines) is 1. The van der Waals surface area contributed by atoms with Crippen molar-refractivity contribution < 1.29 is 9.90 Å². The predicted molar refractivity (Wildman–Crippen MR) is 128 cm³/mol. The maximum Gasteiger partial charge on any atom is 0.333 e. The van der Waals surface area contributed by atoms with Crippen molar-refractivity contribution >= 4 is 40.0 Å². The van der Waals surface area contributed by atoms with Crippen LogP contribution in [0, 0.1) is 0 Å². The van der Waals surface area contributed by atoms with E-state index in [1.165, 1.54) is 14.1 Å². The molecule has 1 aliphatic heterocycles. The minimum atomic E-state index is -0.682. The number of thioether (sulfide) groups is 1. The zero-order valence-corrected chi connectivity index (χ0v) is 20.1. The highest BCUT2D eigenvalue weighted by molar-refractivity contribution is 8.15. The molecule has 1 fully saturated rings. The molecule has 2 atom stereocenters. The quantitative estimate of drug-likeness (QED) is 0.538. The van der Waals surface area contributed by atoms with Crippen LogP contribution in [0.5, 0.6) is 5.88 Å². The number of carbonyl (C=O) groups is 1. The van der Waals surface area contributed by atoms with E-state index in [0.29, 0.717) is 10.7 Å². The summed E-state index contributed by atoms with van der Waals surface area (Å²) in [5, 5.41) is 11.3. The number of hydrogen-bond acceptors (Lipinski definition) is 6. The summed E-state index contributed by atoms with van der Waals surface area (Å²) in [7, 11) is 2.70. The topological polar surface area (TPSA) is 96.9 Å². The van der Waals surface area contributed by atoms with Crippen molar-refractivity contribution in [1.82, 2.24) is 14.0 Å². The minimum Gasteiger partial charge on any atom is -0.494 e. The van der Waals surface area contributed by atoms with Crippen LogP contribution in [0.4, 0.5) is 5.69 Å². The van der Waals surface area contributed by atoms with E-state index in [1.54, 1.807) is 24.3 Å². The molecule has 8 nitrogen and oxygen atoms in total. The van der Waals surface area contributed by atoms with Gasteiger partial charge in [0, 0.05) is 31.2 Å². The molecule has 0 radical (unpaired) electrons. The number of amides is 1. The number of piperidine rings is 1. The zero-order valence-electron chi connectivity index (χ0n) is 18.5. The normalized spacial score (nSPS) is 19.3. The molecule has 1 aromatic carbocycles. The Labute approximate surface area is 195 Å². The molecular weight excluding hydrogens is 452 g/mol. The molecule has 2 heterocycles. The molecule has 0 aliphatic carbocycles. The van der Waals surface area contributed by atoms with Gasteiger partial charge >= 0.3 is 5.69 Å². The van der Waals surface area contributed by atoms with E-state index >= 15 is 0 Å². The second-order valence-corrected chi connectivity index (χ2v) is 9.42. The average Bonchev–Trinajstić information content (AvgIpc) is 2.76. The summed E-state index contributed by atoms with van der Waals surface area (Å²) in [6.07, 6.45) is 2.99. The van der Waals surface area contributed by atoms with E-state index in [1.807, 2.05) is 18.7 Å². The summed E-state index contributed by atoms with van der Waals surface area (Å²) >= 11 is 7.02. The standard InChI is InChI=1S/C22H27ClN4O4S/c1-13-6-5-7-14(2)27(13)17(28)12-32-19(24-16-10-8-15(23)9-11-16)18-20(29)25(3)22(31)26(4)21(18)30/h8-11,13-14,29H,5-7,12H2,1-4H3/t13-,14-/m1/s1. The van der Waals surface area contributed by atoms with Crippen LogP contribution in [-0.2, 0) is 18.9 Å². The Bertz CT molecular complexity index is 1150. The van der Waals surface area contributed by atoms with Crippen molar-refractivity contribution in [3.63, 3.8) is 0 Å². The molecule has 1 aromatic heterocycles. The highest BCUT2D eigenvalue weighted by atomic mass is 35.5. The van der Waals surface area contributed by atoms with Gasteiger partial charge in [-0.25, -0.2) is 9.79 Å². The van der Waals surface area contributed by atoms with Crippen LogP contribution < -0.4 is 11.2 Å². The van der Waals surface area contributed by atoms with E-state index in [-0.39, 0.29) is 34.4 Å². The van der Waals surface area contributed by atoms with Gasteiger partial charge in [-0.1, -0.05) is 23.4 Å². The Morgan fingerprint density at radius 3 is 2.31 bits per heavy atom. The molecule has 3 rings (SSSR count). The maximum absolute atomic E-state index is 13.0. The first-order valence-corrected chi connectivity index (χ1v) is 11.8. The van der Waals surface area contributed by atoms with Crippen molar-refractivity contribution in [1.29, 1.82) is 0 Å². The Balaban J connectivity index is 2.02. The first kappa shape index (κ1) is 24.1. The number of aromatic hydroxyl groups is 1. The smallest absolute Gasteiger partial charge is 0.333 e. The molecule has 2 aromatic rings. The van der Waals surface area contributed by atoms with E-state index in [4.69, 9.17) is 11.6 Å². The van der Waals surface area contributed by atoms with Gasteiger partial charge in [-0.2, -0.15) is 0 Å². The van der Waals surface area contributed by atoms with E-state index < -0.39 is 17.1 Å². The van der Waals surface area contributed by atoms with Gasteiger partial charge in [0.2, 0.25) is 11.8 Å². The molecule has 1 saturated heterocycles. The van der Waals surface area contributed by atoms with E-state index in [0.717, 1.165) is 40.2 Å². The van der Waals surface area contributed by atoms with E-state index in [2.05, 4.69) is 4.99 Å². The first-order chi connectivity index (χ1) is 15.1. The lowest BCUT2D eigenvalue weighted by molar-refractivity contribution is -0.134. The second-order valence-electron chi connectivity index (χ2n) is 8.02. The lowest BCUT2D eigenvalue weighted by Gasteiger charge is -2.39. The summed E-state index contributed by atoms with van der Waals surface area (Å²) in [4.78, 5) is 44.5. The van der Waals surface area contributed by atoms with Crippen molar-refractivity contribution in [2.24, 2.45) is 19.1 Å². The summed E-state index contributed by atoms with van der Waals surface area (Å²) in [6.45, 7) is 4.07. The highest BCUT2D eigenvalue weighted by Gasteiger charge is 2.30. The van der Waals surface area contributed by atoms with Crippen molar-refractivity contribution in [2.45, 2.75) is 45.2 Å². The monoisotopic (exact) mass is 478 g/mol. The number of hydrogen-bond donors (Lipinski definition) is 1. The fourth-order valence-corrected chi connectivity index (χ4v) is 4.96. The number of rotatable bonds is 4. The molecule has 1 aliphatic rings. The largest absolute Gasteiger partial charge is 0.494 e. The predicted octanol–water partition coefficient (Wildman–Crippen LogP) is 3.04. The van der Waals surface area contributed by atoms with Gasteiger partial charge in [-0.05, 0) is 57.4 Å². The summed E-state index contributed by atoms with van der Waals surface area (Å²) in [6, 6.07) is 6.93. The van der Waals surface area contributed by atoms with Gasteiger partial charge < -0.3 is 10.0 Å². The van der Waals surface area contributed by atoms with Crippen LogP contribution in [0.25, 0.3) is 0 Å². The first-order valence-electron chi connectivity index (χ1n) is 10.4. The van der Waals surface area contributed by atoms with Crippen LogP contribution in [-0.4, -0.2) is 47.9 Å². The molecule has 32 heavy (non-hydrogen) atoms. The SMILES string of the molecule is C[C@@H]1CCC[C@@H](C)N1C(=O)CSC(=Nc1ccc(Cl)cc1)c1c(O)n(C)c(=O)n(C)c1=O. The number of aromatic nitrogens is 2. The fourth-order valence-electron chi connectivity index (χ4n) is 3.93. The van der Waals surface area contributed by atoms with Gasteiger partial charge in [0.15, 0.2) is 0 Å². The van der Waals surface area contributed by atoms with Gasteiger partial charge in [-0.15, -0.1) is 0 Å². The number of benzene rings is 1. The zero-order chi connectivity index (χ0) is 23.6. The van der Waals surface area contributed by atoms with E-state index in [9.17, 15) is 19.5 Å². The third-order valence-corrected chi connectivity index (χ3v) is 6.93. The number of carbonyl (C=O) groups excluding carboxylic acids is 1. The molecule has 0 unspecified atom stereocenters. The van der Waals surface area contributed by atoms with Gasteiger partial charge in [0.05, 0.1) is 11.4 Å². The Morgan fingerprint density at radius 1 is 1.12 bits per heavy atom. The van der Waals surface area contributed by atoms with Crippen molar-refractivity contribution in [3.05, 3.63) is 55.7 Å². The number of aliphatic imine (C=N–C) groups is 1. The Kier molecular flexibility index (Phi) is 7.51. The van der Waals surface area contributed by atoms with Crippen molar-refractivity contribution in [2.75, 3.05) is 5.75 Å². The lowest BCUT2D eigenvalue weighted by Crippen LogP contribution is -2.48. The summed E-state index contributed by atoms with van der Waals surface area (Å²) < 4.78 is 1.88. The molecule has 10 heteroatoms. The summed E-state index contributed by atoms with van der Waals surface area (Å²) in [5.41, 5.74) is -0.960. The third kappa shape index (κ3) is 4.94. The summed E-state index contributed by atoms with van der Waals surface area (Å²) in [5.74, 6) is -0.503. The molecule has 1 amide bonds. The van der Waals surface area contributed by atoms with Gasteiger partial charge in [0.25, 0.3) is 5.56 Å². The number of halogens is 1. The highest BCUT2D eigenvalue weighted by Crippen LogP contribution is 2.27. The average molecular weight is 479 g/mol. The Hall–Kier alpha value is -2.52. The van der Waals surface area contributed by atoms with Crippen LogP contribution in [0.15, 0.2) is 38.8 Å². The Morgan fingerprint density at radius 2 is 1.72 bits per heavy atom. The van der Waals surface area contributed by atoms with Crippen LogP contribution >= 0.6 is 23.4 Å². The molecule has 172 valence electrons. The molecule has 0 saturated carbocycles. The molecule has 0 spiro atoms.